The molecular weight excluding hydrogens is 252 g/mol. The van der Waals surface area contributed by atoms with Crippen LogP contribution in [0.4, 0.5) is 4.79 Å². The number of methoxy groups -OCH3 is 1. The summed E-state index contributed by atoms with van der Waals surface area (Å²) in [4.78, 5) is 24.4. The Bertz CT molecular complexity index is 354. The molecule has 7 heteroatoms. The molecule has 0 saturated carbocycles. The standard InChI is InChI=1S/C12H20N2O5/c1-18-12(4-6-19-8-12)7-13-11(17)14-5-2-3-9(14)10(15)16/h9H,2-8H2,1H3,(H,13,17)(H,15,16)/t9-,12?/m0/s1. The molecule has 2 heterocycles. The van der Waals surface area contributed by atoms with Gasteiger partial charge in [0.1, 0.15) is 11.6 Å². The minimum atomic E-state index is -0.946. The lowest BCUT2D eigenvalue weighted by Crippen LogP contribution is -2.51. The summed E-state index contributed by atoms with van der Waals surface area (Å²) >= 11 is 0. The van der Waals surface area contributed by atoms with Crippen LogP contribution in [0.1, 0.15) is 19.3 Å². The van der Waals surface area contributed by atoms with Crippen molar-refractivity contribution in [3.63, 3.8) is 0 Å². The SMILES string of the molecule is COC1(CNC(=O)N2CCC[C@H]2C(=O)O)CCOC1. The van der Waals surface area contributed by atoms with Crippen LogP contribution in [-0.4, -0.2) is 67.1 Å². The lowest BCUT2D eigenvalue weighted by molar-refractivity contribution is -0.141. The van der Waals surface area contributed by atoms with E-state index < -0.39 is 17.6 Å². The third-order valence-electron chi connectivity index (χ3n) is 3.86. The van der Waals surface area contributed by atoms with Crippen LogP contribution < -0.4 is 5.32 Å². The van der Waals surface area contributed by atoms with Gasteiger partial charge < -0.3 is 24.8 Å². The second-order valence-electron chi connectivity index (χ2n) is 5.04. The van der Waals surface area contributed by atoms with Crippen LogP contribution in [0.15, 0.2) is 0 Å². The highest BCUT2D eigenvalue weighted by Gasteiger charge is 2.38. The molecule has 0 aromatic heterocycles. The molecule has 2 atom stereocenters. The Morgan fingerprint density at radius 2 is 2.37 bits per heavy atom. The second kappa shape index (κ2) is 5.75. The molecular formula is C12H20N2O5. The predicted molar refractivity (Wildman–Crippen MR) is 65.9 cm³/mol. The van der Waals surface area contributed by atoms with E-state index in [1.807, 2.05) is 0 Å². The van der Waals surface area contributed by atoms with Crippen LogP contribution in [0.3, 0.4) is 0 Å². The largest absolute Gasteiger partial charge is 0.480 e. The van der Waals surface area contributed by atoms with Crippen molar-refractivity contribution in [2.45, 2.75) is 30.9 Å². The van der Waals surface area contributed by atoms with E-state index in [1.54, 1.807) is 7.11 Å². The fourth-order valence-electron chi connectivity index (χ4n) is 2.57. The van der Waals surface area contributed by atoms with E-state index in [-0.39, 0.29) is 6.03 Å². The molecule has 2 rings (SSSR count). The smallest absolute Gasteiger partial charge is 0.326 e. The van der Waals surface area contributed by atoms with Gasteiger partial charge in [0.15, 0.2) is 0 Å². The predicted octanol–water partition coefficient (Wildman–Crippen LogP) is 0.0505. The molecule has 2 fully saturated rings. The van der Waals surface area contributed by atoms with Crippen molar-refractivity contribution in [1.29, 1.82) is 0 Å². The quantitative estimate of drug-likeness (QED) is 0.755. The maximum absolute atomic E-state index is 12.0. The highest BCUT2D eigenvalue weighted by molar-refractivity contribution is 5.83. The molecule has 2 aliphatic rings. The maximum Gasteiger partial charge on any atom is 0.326 e. The van der Waals surface area contributed by atoms with Crippen molar-refractivity contribution in [2.24, 2.45) is 0 Å². The number of urea groups is 1. The molecule has 0 bridgehead atoms. The molecule has 2 saturated heterocycles. The third-order valence-corrected chi connectivity index (χ3v) is 3.86. The Hall–Kier alpha value is -1.34. The molecule has 0 radical (unpaired) electrons. The molecule has 0 aliphatic carbocycles. The van der Waals surface area contributed by atoms with E-state index in [9.17, 15) is 9.59 Å². The van der Waals surface area contributed by atoms with E-state index in [1.165, 1.54) is 4.90 Å². The number of carbonyl (C=O) groups is 2. The molecule has 2 aliphatic heterocycles. The first-order valence-corrected chi connectivity index (χ1v) is 6.48. The van der Waals surface area contributed by atoms with E-state index in [0.717, 1.165) is 12.8 Å². The zero-order chi connectivity index (χ0) is 13.9. The molecule has 0 aromatic carbocycles. The summed E-state index contributed by atoms with van der Waals surface area (Å²) in [6.07, 6.45) is 1.97. The number of ether oxygens (including phenoxy) is 2. The molecule has 2 N–H and O–H groups in total. The average Bonchev–Trinajstić information content (AvgIpc) is 3.05. The van der Waals surface area contributed by atoms with Gasteiger partial charge in [0.2, 0.25) is 0 Å². The van der Waals surface area contributed by atoms with Crippen LogP contribution in [0.25, 0.3) is 0 Å². The number of likely N-dealkylation sites (tertiary alicyclic amines) is 1. The van der Waals surface area contributed by atoms with Crippen molar-refractivity contribution < 1.29 is 24.2 Å². The number of aliphatic carboxylic acids is 1. The Balaban J connectivity index is 1.88. The van der Waals surface area contributed by atoms with Gasteiger partial charge in [0.25, 0.3) is 0 Å². The normalized spacial score (nSPS) is 30.6. The Morgan fingerprint density at radius 1 is 1.58 bits per heavy atom. The first kappa shape index (κ1) is 14.1. The van der Waals surface area contributed by atoms with Gasteiger partial charge in [-0.15, -0.1) is 0 Å². The Labute approximate surface area is 111 Å². The molecule has 108 valence electrons. The van der Waals surface area contributed by atoms with E-state index >= 15 is 0 Å². The number of rotatable bonds is 4. The maximum atomic E-state index is 12.0. The lowest BCUT2D eigenvalue weighted by Gasteiger charge is -2.28. The van der Waals surface area contributed by atoms with Crippen molar-refractivity contribution in [3.05, 3.63) is 0 Å². The van der Waals surface area contributed by atoms with Gasteiger partial charge in [-0.3, -0.25) is 0 Å². The zero-order valence-corrected chi connectivity index (χ0v) is 11.1. The number of nitrogens with zero attached hydrogens (tertiary/aromatic N) is 1. The van der Waals surface area contributed by atoms with Crippen molar-refractivity contribution in [1.82, 2.24) is 10.2 Å². The van der Waals surface area contributed by atoms with Crippen LogP contribution in [0.5, 0.6) is 0 Å². The molecule has 0 aromatic rings. The van der Waals surface area contributed by atoms with Crippen LogP contribution in [-0.2, 0) is 14.3 Å². The minimum absolute atomic E-state index is 0.338. The average molecular weight is 272 g/mol. The summed E-state index contributed by atoms with van der Waals surface area (Å²) in [6, 6.07) is -1.05. The fourth-order valence-corrected chi connectivity index (χ4v) is 2.57. The summed E-state index contributed by atoms with van der Waals surface area (Å²) in [5, 5.41) is 11.8. The fraction of sp³-hybridized carbons (Fsp3) is 0.833. The number of hydrogen-bond acceptors (Lipinski definition) is 4. The molecule has 0 spiro atoms. The van der Waals surface area contributed by atoms with E-state index in [4.69, 9.17) is 14.6 Å². The van der Waals surface area contributed by atoms with Gasteiger partial charge in [-0.25, -0.2) is 9.59 Å². The number of amides is 2. The third kappa shape index (κ3) is 2.98. The summed E-state index contributed by atoms with van der Waals surface area (Å²) in [5.41, 5.74) is -0.478. The number of hydrogen-bond donors (Lipinski definition) is 2. The molecule has 2 amide bonds. The number of nitrogens with one attached hydrogen (secondary N) is 1. The van der Waals surface area contributed by atoms with E-state index in [0.29, 0.717) is 32.7 Å². The Morgan fingerprint density at radius 3 is 2.95 bits per heavy atom. The van der Waals surface area contributed by atoms with Crippen LogP contribution in [0, 0.1) is 0 Å². The van der Waals surface area contributed by atoms with Gasteiger partial charge in [0, 0.05) is 26.7 Å². The Kier molecular flexibility index (Phi) is 4.26. The van der Waals surface area contributed by atoms with Gasteiger partial charge in [-0.2, -0.15) is 0 Å². The van der Waals surface area contributed by atoms with Gasteiger partial charge in [-0.1, -0.05) is 0 Å². The minimum Gasteiger partial charge on any atom is -0.480 e. The van der Waals surface area contributed by atoms with Gasteiger partial charge >= 0.3 is 12.0 Å². The first-order chi connectivity index (χ1) is 9.08. The van der Waals surface area contributed by atoms with E-state index in [2.05, 4.69) is 5.32 Å². The summed E-state index contributed by atoms with van der Waals surface area (Å²) < 4.78 is 10.7. The molecule has 1 unspecified atom stereocenters. The number of carboxylic acid groups (broad SMARTS) is 1. The monoisotopic (exact) mass is 272 g/mol. The van der Waals surface area contributed by atoms with Gasteiger partial charge in [0.05, 0.1) is 13.2 Å². The summed E-state index contributed by atoms with van der Waals surface area (Å²) in [6.45, 7) is 1.89. The highest BCUT2D eigenvalue weighted by atomic mass is 16.5. The first-order valence-electron chi connectivity index (χ1n) is 6.48. The van der Waals surface area contributed by atoms with Crippen molar-refractivity contribution >= 4 is 12.0 Å². The summed E-state index contributed by atoms with van der Waals surface area (Å²) in [7, 11) is 1.59. The molecule has 7 nitrogen and oxygen atoms in total. The van der Waals surface area contributed by atoms with Gasteiger partial charge in [-0.05, 0) is 12.8 Å². The number of carboxylic acids is 1. The van der Waals surface area contributed by atoms with Crippen LogP contribution >= 0.6 is 0 Å². The van der Waals surface area contributed by atoms with Crippen molar-refractivity contribution in [2.75, 3.05) is 33.4 Å². The zero-order valence-electron chi connectivity index (χ0n) is 11.1. The topological polar surface area (TPSA) is 88.1 Å². The van der Waals surface area contributed by atoms with Crippen molar-refractivity contribution in [3.8, 4) is 0 Å². The second-order valence-corrected chi connectivity index (χ2v) is 5.04. The number of carbonyl (C=O) groups excluding carboxylic acids is 1. The highest BCUT2D eigenvalue weighted by Crippen LogP contribution is 2.22. The molecule has 19 heavy (non-hydrogen) atoms. The lowest BCUT2D eigenvalue weighted by atomic mass is 10.0. The summed E-state index contributed by atoms with van der Waals surface area (Å²) in [5.74, 6) is -0.946. The van der Waals surface area contributed by atoms with Crippen LogP contribution in [0.2, 0.25) is 0 Å².